The summed E-state index contributed by atoms with van der Waals surface area (Å²) in [7, 11) is 1.59. The van der Waals surface area contributed by atoms with Crippen LogP contribution in [0.3, 0.4) is 0 Å². The smallest absolute Gasteiger partial charge is 0.355 e. The van der Waals surface area contributed by atoms with Crippen LogP contribution in [-0.2, 0) is 19.5 Å². The lowest BCUT2D eigenvalue weighted by Gasteiger charge is -2.16. The van der Waals surface area contributed by atoms with E-state index in [1.165, 1.54) is 4.57 Å². The summed E-state index contributed by atoms with van der Waals surface area (Å²) in [6, 6.07) is 18.0. The van der Waals surface area contributed by atoms with Crippen LogP contribution in [0.25, 0.3) is 0 Å². The fraction of sp³-hybridized carbons (Fsp3) is 0.200. The molecule has 0 bridgehead atoms. The molecule has 10 heteroatoms. The second-order valence-corrected chi connectivity index (χ2v) is 8.58. The second-order valence-electron chi connectivity index (χ2n) is 7.77. The number of nitrogens with one attached hydrogen (secondary N) is 1. The van der Waals surface area contributed by atoms with E-state index in [9.17, 15) is 9.59 Å². The van der Waals surface area contributed by atoms with Gasteiger partial charge in [-0.15, -0.1) is 0 Å². The SMILES string of the molecule is COc1ccc(Cn2c(NCCc3ccccn3)nc(=O)n(Cc3ccc(Cl)c(Cl)c3)c2=O)cc1. The first-order valence-corrected chi connectivity index (χ1v) is 11.6. The van der Waals surface area contributed by atoms with E-state index in [0.29, 0.717) is 34.3 Å². The molecule has 0 spiro atoms. The molecule has 0 atom stereocenters. The summed E-state index contributed by atoms with van der Waals surface area (Å²) >= 11 is 12.1. The van der Waals surface area contributed by atoms with E-state index in [2.05, 4.69) is 15.3 Å². The van der Waals surface area contributed by atoms with Gasteiger partial charge in [-0.1, -0.05) is 47.5 Å². The molecule has 4 rings (SSSR count). The molecule has 2 aromatic carbocycles. The predicted octanol–water partition coefficient (Wildman–Crippen LogP) is 3.87. The molecule has 0 aliphatic carbocycles. The van der Waals surface area contributed by atoms with Gasteiger partial charge in [-0.05, 0) is 47.5 Å². The number of hydrogen-bond acceptors (Lipinski definition) is 6. The van der Waals surface area contributed by atoms with Crippen LogP contribution in [-0.4, -0.2) is 32.8 Å². The number of rotatable bonds is 9. The maximum atomic E-state index is 13.5. The van der Waals surface area contributed by atoms with Gasteiger partial charge in [0, 0.05) is 24.9 Å². The van der Waals surface area contributed by atoms with Crippen LogP contribution in [0.4, 0.5) is 5.95 Å². The van der Waals surface area contributed by atoms with Gasteiger partial charge < -0.3 is 10.1 Å². The van der Waals surface area contributed by atoms with Gasteiger partial charge in [0.1, 0.15) is 5.75 Å². The van der Waals surface area contributed by atoms with Gasteiger partial charge in [0.25, 0.3) is 0 Å². The van der Waals surface area contributed by atoms with Gasteiger partial charge >= 0.3 is 11.4 Å². The quantitative estimate of drug-likeness (QED) is 0.366. The summed E-state index contributed by atoms with van der Waals surface area (Å²) in [6.45, 7) is 0.671. The Hall–Kier alpha value is -3.62. The first-order chi connectivity index (χ1) is 16.9. The molecule has 1 N–H and O–H groups in total. The van der Waals surface area contributed by atoms with Crippen molar-refractivity contribution < 1.29 is 4.74 Å². The molecule has 0 aliphatic rings. The van der Waals surface area contributed by atoms with Gasteiger partial charge in [0.2, 0.25) is 5.95 Å². The molecule has 0 unspecified atom stereocenters. The minimum Gasteiger partial charge on any atom is -0.497 e. The Morgan fingerprint density at radius 2 is 1.66 bits per heavy atom. The molecule has 0 saturated heterocycles. The first-order valence-electron chi connectivity index (χ1n) is 10.9. The monoisotopic (exact) mass is 511 g/mol. The highest BCUT2D eigenvalue weighted by atomic mass is 35.5. The van der Waals surface area contributed by atoms with Crippen molar-refractivity contribution in [2.45, 2.75) is 19.5 Å². The number of pyridine rings is 1. The van der Waals surface area contributed by atoms with Gasteiger partial charge in [-0.3, -0.25) is 9.55 Å². The van der Waals surface area contributed by atoms with Crippen LogP contribution in [0.2, 0.25) is 10.0 Å². The first kappa shape index (κ1) is 24.5. The Balaban J connectivity index is 1.67. The molecule has 0 radical (unpaired) electrons. The number of anilines is 1. The standard InChI is InChI=1S/C25H23Cl2N5O3/c1-35-20-8-5-17(6-9-20)15-31-23(29-13-11-19-4-2-3-12-28-19)30-24(33)32(25(31)34)16-18-7-10-21(26)22(27)14-18/h2-10,12,14H,11,13,15-16H2,1H3,(H,29,30,33). The van der Waals surface area contributed by atoms with Gasteiger partial charge in [-0.2, -0.15) is 4.98 Å². The normalized spacial score (nSPS) is 10.8. The highest BCUT2D eigenvalue weighted by Crippen LogP contribution is 2.22. The third-order valence-corrected chi connectivity index (χ3v) is 6.10. The van der Waals surface area contributed by atoms with Crippen molar-refractivity contribution in [2.75, 3.05) is 19.0 Å². The maximum Gasteiger partial charge on any atom is 0.355 e. The third kappa shape index (κ3) is 6.09. The number of benzene rings is 2. The minimum atomic E-state index is -0.660. The van der Waals surface area contributed by atoms with E-state index in [-0.39, 0.29) is 19.0 Å². The van der Waals surface area contributed by atoms with Crippen molar-refractivity contribution in [3.8, 4) is 5.75 Å². The summed E-state index contributed by atoms with van der Waals surface area (Å²) < 4.78 is 7.74. The van der Waals surface area contributed by atoms with Crippen LogP contribution >= 0.6 is 23.2 Å². The maximum absolute atomic E-state index is 13.5. The topological polar surface area (TPSA) is 91.0 Å². The van der Waals surface area contributed by atoms with Crippen LogP contribution in [0.15, 0.2) is 76.4 Å². The lowest BCUT2D eigenvalue weighted by molar-refractivity contribution is 0.414. The van der Waals surface area contributed by atoms with Crippen molar-refractivity contribution in [1.82, 2.24) is 19.1 Å². The summed E-state index contributed by atoms with van der Waals surface area (Å²) in [6.07, 6.45) is 2.32. The molecule has 0 amide bonds. The fourth-order valence-electron chi connectivity index (χ4n) is 3.52. The van der Waals surface area contributed by atoms with E-state index in [1.54, 1.807) is 31.5 Å². The molecule has 0 saturated carbocycles. The van der Waals surface area contributed by atoms with Crippen molar-refractivity contribution in [1.29, 1.82) is 0 Å². The van der Waals surface area contributed by atoms with Crippen LogP contribution in [0.5, 0.6) is 5.75 Å². The average molecular weight is 512 g/mol. The minimum absolute atomic E-state index is 0.0123. The van der Waals surface area contributed by atoms with Crippen LogP contribution in [0.1, 0.15) is 16.8 Å². The lowest BCUT2D eigenvalue weighted by Crippen LogP contribution is -2.43. The number of hydrogen-bond donors (Lipinski definition) is 1. The Kier molecular flexibility index (Phi) is 7.84. The van der Waals surface area contributed by atoms with E-state index in [0.717, 1.165) is 15.8 Å². The summed E-state index contributed by atoms with van der Waals surface area (Å²) in [5, 5.41) is 3.87. The second kappa shape index (κ2) is 11.2. The predicted molar refractivity (Wildman–Crippen MR) is 137 cm³/mol. The van der Waals surface area contributed by atoms with Crippen LogP contribution < -0.4 is 21.4 Å². The highest BCUT2D eigenvalue weighted by molar-refractivity contribution is 6.42. The Bertz CT molecular complexity index is 1420. The van der Waals surface area contributed by atoms with E-state index < -0.39 is 11.4 Å². The largest absolute Gasteiger partial charge is 0.497 e. The molecule has 4 aromatic rings. The van der Waals surface area contributed by atoms with E-state index in [1.807, 2.05) is 42.5 Å². The number of nitrogens with zero attached hydrogens (tertiary/aromatic N) is 4. The van der Waals surface area contributed by atoms with Crippen LogP contribution in [0, 0.1) is 0 Å². The number of methoxy groups -OCH3 is 1. The van der Waals surface area contributed by atoms with Crippen molar-refractivity contribution in [3.05, 3.63) is 115 Å². The molecule has 8 nitrogen and oxygen atoms in total. The highest BCUT2D eigenvalue weighted by Gasteiger charge is 2.15. The molecule has 2 heterocycles. The molecule has 2 aromatic heterocycles. The number of ether oxygens (including phenoxy) is 1. The fourth-order valence-corrected chi connectivity index (χ4v) is 3.85. The molecule has 180 valence electrons. The average Bonchev–Trinajstić information content (AvgIpc) is 2.87. The Morgan fingerprint density at radius 3 is 2.34 bits per heavy atom. The van der Waals surface area contributed by atoms with E-state index in [4.69, 9.17) is 27.9 Å². The molecule has 35 heavy (non-hydrogen) atoms. The molecule has 0 fully saturated rings. The zero-order valence-electron chi connectivity index (χ0n) is 18.9. The summed E-state index contributed by atoms with van der Waals surface area (Å²) in [5.74, 6) is 0.898. The zero-order chi connectivity index (χ0) is 24.8. The summed E-state index contributed by atoms with van der Waals surface area (Å²) in [4.78, 5) is 34.8. The van der Waals surface area contributed by atoms with Crippen molar-refractivity contribution in [2.24, 2.45) is 0 Å². The number of aromatic nitrogens is 4. The molecular formula is C25H23Cl2N5O3. The Labute approximate surface area is 211 Å². The molecule has 0 aliphatic heterocycles. The van der Waals surface area contributed by atoms with E-state index >= 15 is 0 Å². The van der Waals surface area contributed by atoms with Gasteiger partial charge in [0.15, 0.2) is 0 Å². The zero-order valence-corrected chi connectivity index (χ0v) is 20.5. The third-order valence-electron chi connectivity index (χ3n) is 5.36. The number of halogens is 2. The Morgan fingerprint density at radius 1 is 0.914 bits per heavy atom. The van der Waals surface area contributed by atoms with Crippen molar-refractivity contribution in [3.63, 3.8) is 0 Å². The van der Waals surface area contributed by atoms with Gasteiger partial charge in [0.05, 0.1) is 30.2 Å². The molecular weight excluding hydrogens is 489 g/mol. The van der Waals surface area contributed by atoms with Gasteiger partial charge in [-0.25, -0.2) is 14.2 Å². The van der Waals surface area contributed by atoms with Crippen molar-refractivity contribution >= 4 is 29.2 Å². The lowest BCUT2D eigenvalue weighted by atomic mass is 10.2. The summed E-state index contributed by atoms with van der Waals surface area (Å²) in [5.41, 5.74) is 1.24.